The SMILES string of the molecule is CCOC(=O)N1CCN(C(=O)c2c(C)[nH]c3ccc(Cl)cc23)CC1. The van der Waals surface area contributed by atoms with Gasteiger partial charge in [0.05, 0.1) is 12.2 Å². The lowest BCUT2D eigenvalue weighted by molar-refractivity contribution is 0.0571. The van der Waals surface area contributed by atoms with Crippen molar-refractivity contribution < 1.29 is 14.3 Å². The van der Waals surface area contributed by atoms with E-state index in [2.05, 4.69) is 4.98 Å². The van der Waals surface area contributed by atoms with Crippen molar-refractivity contribution in [1.29, 1.82) is 0 Å². The molecule has 0 bridgehead atoms. The number of hydrogen-bond acceptors (Lipinski definition) is 3. The van der Waals surface area contributed by atoms with Crippen LogP contribution in [0.2, 0.25) is 5.02 Å². The zero-order valence-electron chi connectivity index (χ0n) is 13.8. The number of aryl methyl sites for hydroxylation is 1. The summed E-state index contributed by atoms with van der Waals surface area (Å²) in [5, 5.41) is 1.43. The van der Waals surface area contributed by atoms with E-state index in [0.29, 0.717) is 43.4 Å². The number of hydrogen-bond donors (Lipinski definition) is 1. The van der Waals surface area contributed by atoms with E-state index in [-0.39, 0.29) is 12.0 Å². The molecule has 1 aromatic heterocycles. The third kappa shape index (κ3) is 3.06. The van der Waals surface area contributed by atoms with Crippen LogP contribution in [0.4, 0.5) is 4.79 Å². The highest BCUT2D eigenvalue weighted by atomic mass is 35.5. The second-order valence-corrected chi connectivity index (χ2v) is 6.23. The van der Waals surface area contributed by atoms with Gasteiger partial charge in [0.15, 0.2) is 0 Å². The van der Waals surface area contributed by atoms with Crippen LogP contribution in [-0.4, -0.2) is 59.6 Å². The Morgan fingerprint density at radius 2 is 1.88 bits per heavy atom. The van der Waals surface area contributed by atoms with E-state index in [1.54, 1.807) is 22.8 Å². The number of H-pyrrole nitrogens is 1. The number of piperazine rings is 1. The van der Waals surface area contributed by atoms with E-state index < -0.39 is 0 Å². The highest BCUT2D eigenvalue weighted by Gasteiger charge is 2.27. The molecule has 3 rings (SSSR count). The van der Waals surface area contributed by atoms with E-state index in [0.717, 1.165) is 16.6 Å². The highest BCUT2D eigenvalue weighted by Crippen LogP contribution is 2.26. The second kappa shape index (κ2) is 6.73. The average molecular weight is 350 g/mol. The molecule has 2 heterocycles. The Balaban J connectivity index is 1.78. The number of nitrogens with one attached hydrogen (secondary N) is 1. The molecule has 6 nitrogen and oxygen atoms in total. The van der Waals surface area contributed by atoms with Crippen molar-refractivity contribution >= 4 is 34.5 Å². The van der Waals surface area contributed by atoms with Gasteiger partial charge >= 0.3 is 6.09 Å². The zero-order chi connectivity index (χ0) is 17.3. The van der Waals surface area contributed by atoms with Crippen LogP contribution in [0.5, 0.6) is 0 Å². The lowest BCUT2D eigenvalue weighted by atomic mass is 10.1. The lowest BCUT2D eigenvalue weighted by Crippen LogP contribution is -2.50. The summed E-state index contributed by atoms with van der Waals surface area (Å²) in [5.74, 6) is -0.0375. The lowest BCUT2D eigenvalue weighted by Gasteiger charge is -2.34. The quantitative estimate of drug-likeness (QED) is 0.906. The number of carbonyl (C=O) groups is 2. The van der Waals surface area contributed by atoms with Crippen molar-refractivity contribution in [1.82, 2.24) is 14.8 Å². The second-order valence-electron chi connectivity index (χ2n) is 5.79. The Morgan fingerprint density at radius 3 is 2.54 bits per heavy atom. The Morgan fingerprint density at radius 1 is 1.21 bits per heavy atom. The average Bonchev–Trinajstić information content (AvgIpc) is 2.89. The van der Waals surface area contributed by atoms with Gasteiger partial charge in [0.25, 0.3) is 5.91 Å². The number of aromatic amines is 1. The number of carbonyl (C=O) groups excluding carboxylic acids is 2. The van der Waals surface area contributed by atoms with Gasteiger partial charge in [0.2, 0.25) is 0 Å². The zero-order valence-corrected chi connectivity index (χ0v) is 14.5. The van der Waals surface area contributed by atoms with Crippen molar-refractivity contribution in [3.63, 3.8) is 0 Å². The molecule has 0 aliphatic carbocycles. The number of rotatable bonds is 2. The highest BCUT2D eigenvalue weighted by molar-refractivity contribution is 6.31. The molecular weight excluding hydrogens is 330 g/mol. The maximum absolute atomic E-state index is 12.9. The third-order valence-corrected chi connectivity index (χ3v) is 4.49. The smallest absolute Gasteiger partial charge is 0.409 e. The summed E-state index contributed by atoms with van der Waals surface area (Å²) in [6.45, 7) is 5.96. The summed E-state index contributed by atoms with van der Waals surface area (Å²) >= 11 is 6.08. The van der Waals surface area contributed by atoms with Crippen LogP contribution < -0.4 is 0 Å². The monoisotopic (exact) mass is 349 g/mol. The van der Waals surface area contributed by atoms with Gasteiger partial charge in [-0.15, -0.1) is 0 Å². The molecule has 1 aromatic carbocycles. The van der Waals surface area contributed by atoms with Gasteiger partial charge in [-0.05, 0) is 32.0 Å². The first-order valence-corrected chi connectivity index (χ1v) is 8.38. The topological polar surface area (TPSA) is 65.6 Å². The van der Waals surface area contributed by atoms with Crippen molar-refractivity contribution in [2.24, 2.45) is 0 Å². The third-order valence-electron chi connectivity index (χ3n) is 4.25. The van der Waals surface area contributed by atoms with Crippen LogP contribution in [-0.2, 0) is 4.74 Å². The van der Waals surface area contributed by atoms with Crippen molar-refractivity contribution in [2.45, 2.75) is 13.8 Å². The van der Waals surface area contributed by atoms with E-state index in [1.807, 2.05) is 19.1 Å². The first kappa shape index (κ1) is 16.6. The van der Waals surface area contributed by atoms with Crippen LogP contribution in [0.15, 0.2) is 18.2 Å². The maximum atomic E-state index is 12.9. The fourth-order valence-corrected chi connectivity index (χ4v) is 3.21. The van der Waals surface area contributed by atoms with Crippen molar-refractivity contribution in [3.05, 3.63) is 34.5 Å². The van der Waals surface area contributed by atoms with E-state index >= 15 is 0 Å². The summed E-state index contributed by atoms with van der Waals surface area (Å²) in [5.41, 5.74) is 2.37. The van der Waals surface area contributed by atoms with E-state index in [4.69, 9.17) is 16.3 Å². The molecule has 2 amide bonds. The van der Waals surface area contributed by atoms with Crippen molar-refractivity contribution in [3.8, 4) is 0 Å². The van der Waals surface area contributed by atoms with Crippen LogP contribution in [0, 0.1) is 6.92 Å². The first-order valence-electron chi connectivity index (χ1n) is 8.00. The van der Waals surface area contributed by atoms with E-state index in [9.17, 15) is 9.59 Å². The molecular formula is C17H20ClN3O3. The minimum absolute atomic E-state index is 0.0375. The van der Waals surface area contributed by atoms with Gasteiger partial charge in [0, 0.05) is 47.8 Å². The predicted octanol–water partition coefficient (Wildman–Crippen LogP) is 3.04. The number of amides is 2. The largest absolute Gasteiger partial charge is 0.450 e. The molecule has 1 saturated heterocycles. The van der Waals surface area contributed by atoms with Gasteiger partial charge < -0.3 is 19.5 Å². The van der Waals surface area contributed by atoms with Gasteiger partial charge in [-0.2, -0.15) is 0 Å². The summed E-state index contributed by atoms with van der Waals surface area (Å²) in [6, 6.07) is 5.48. The van der Waals surface area contributed by atoms with E-state index in [1.165, 1.54) is 0 Å². The van der Waals surface area contributed by atoms with Gasteiger partial charge in [-0.25, -0.2) is 4.79 Å². The number of benzene rings is 1. The minimum atomic E-state index is -0.320. The first-order chi connectivity index (χ1) is 11.5. The molecule has 0 spiro atoms. The summed E-state index contributed by atoms with van der Waals surface area (Å²) in [6.07, 6.45) is -0.320. The van der Waals surface area contributed by atoms with Crippen LogP contribution in [0.3, 0.4) is 0 Å². The minimum Gasteiger partial charge on any atom is -0.450 e. The number of fused-ring (bicyclic) bond motifs is 1. The molecule has 24 heavy (non-hydrogen) atoms. The maximum Gasteiger partial charge on any atom is 0.409 e. The Bertz CT molecular complexity index is 779. The number of aromatic nitrogens is 1. The predicted molar refractivity (Wildman–Crippen MR) is 92.5 cm³/mol. The standard InChI is InChI=1S/C17H20ClN3O3/c1-3-24-17(23)21-8-6-20(7-9-21)16(22)15-11(2)19-14-5-4-12(18)10-13(14)15/h4-5,10,19H,3,6-9H2,1-2H3. The number of halogens is 1. The molecule has 1 aliphatic heterocycles. The number of nitrogens with zero attached hydrogens (tertiary/aromatic N) is 2. The molecule has 0 saturated carbocycles. The summed E-state index contributed by atoms with van der Waals surface area (Å²) in [4.78, 5) is 31.3. The van der Waals surface area contributed by atoms with Crippen LogP contribution >= 0.6 is 11.6 Å². The van der Waals surface area contributed by atoms with Gasteiger partial charge in [-0.1, -0.05) is 11.6 Å². The molecule has 1 fully saturated rings. The Hall–Kier alpha value is -2.21. The Labute approximate surface area is 145 Å². The molecule has 128 valence electrons. The normalized spacial score (nSPS) is 15.0. The molecule has 0 radical (unpaired) electrons. The molecule has 0 unspecified atom stereocenters. The molecule has 1 N–H and O–H groups in total. The summed E-state index contributed by atoms with van der Waals surface area (Å²) in [7, 11) is 0. The molecule has 0 atom stereocenters. The fourth-order valence-electron chi connectivity index (χ4n) is 3.04. The number of ether oxygens (including phenoxy) is 1. The van der Waals surface area contributed by atoms with Crippen molar-refractivity contribution in [2.75, 3.05) is 32.8 Å². The molecule has 7 heteroatoms. The fraction of sp³-hybridized carbons (Fsp3) is 0.412. The van der Waals surface area contributed by atoms with Crippen LogP contribution in [0.1, 0.15) is 23.0 Å². The van der Waals surface area contributed by atoms with Crippen LogP contribution in [0.25, 0.3) is 10.9 Å². The molecule has 1 aliphatic rings. The summed E-state index contributed by atoms with van der Waals surface area (Å²) < 4.78 is 5.00. The van der Waals surface area contributed by atoms with Gasteiger partial charge in [-0.3, -0.25) is 4.79 Å². The molecule has 2 aromatic rings. The Kier molecular flexibility index (Phi) is 4.66. The van der Waals surface area contributed by atoms with Gasteiger partial charge in [0.1, 0.15) is 0 Å².